The van der Waals surface area contributed by atoms with E-state index in [9.17, 15) is 0 Å². The maximum Gasteiger partial charge on any atom is 0.147 e. The second-order valence-corrected chi connectivity index (χ2v) is 5.84. The predicted molar refractivity (Wildman–Crippen MR) is 75.6 cm³/mol. The Labute approximate surface area is 115 Å². The van der Waals surface area contributed by atoms with Crippen molar-refractivity contribution in [1.29, 1.82) is 0 Å². The van der Waals surface area contributed by atoms with E-state index in [0.717, 1.165) is 12.8 Å². The molecule has 1 unspecified atom stereocenters. The molecule has 0 radical (unpaired) electrons. The monoisotopic (exact) mass is 258 g/mol. The van der Waals surface area contributed by atoms with Crippen LogP contribution >= 0.6 is 0 Å². The van der Waals surface area contributed by atoms with E-state index < -0.39 is 0 Å². The summed E-state index contributed by atoms with van der Waals surface area (Å²) in [6.07, 6.45) is 5.31. The third kappa shape index (κ3) is 3.07. The Balaban J connectivity index is 1.42. The molecule has 3 atom stereocenters. The third-order valence-corrected chi connectivity index (χ3v) is 4.39. The Hall–Kier alpha value is -1.12. The van der Waals surface area contributed by atoms with Crippen LogP contribution in [0.25, 0.3) is 0 Å². The molecule has 2 heteroatoms. The molecule has 0 aromatic heterocycles. The lowest BCUT2D eigenvalue weighted by atomic mass is 9.83. The van der Waals surface area contributed by atoms with Crippen molar-refractivity contribution in [2.45, 2.75) is 38.4 Å². The minimum Gasteiger partial charge on any atom is -0.352 e. The number of hydrogen-bond acceptors (Lipinski definition) is 2. The molecular weight excluding hydrogens is 236 g/mol. The zero-order valence-electron chi connectivity index (χ0n) is 11.4. The van der Waals surface area contributed by atoms with Crippen molar-refractivity contribution in [3.8, 4) is 0 Å². The van der Waals surface area contributed by atoms with E-state index >= 15 is 0 Å². The number of ether oxygens (including phenoxy) is 2. The maximum absolute atomic E-state index is 5.98. The molecule has 19 heavy (non-hydrogen) atoms. The van der Waals surface area contributed by atoms with Crippen molar-refractivity contribution in [3.63, 3.8) is 0 Å². The van der Waals surface area contributed by atoms with Crippen LogP contribution in [0.1, 0.15) is 31.2 Å². The highest BCUT2D eigenvalue weighted by Crippen LogP contribution is 2.45. The van der Waals surface area contributed by atoms with Gasteiger partial charge in [-0.2, -0.15) is 0 Å². The number of fused-ring (bicyclic) bond motifs is 2. The molecule has 2 saturated carbocycles. The standard InChI is InChI=1S/C17H22O2/c1-13-9-15-7-8-16(10-13)17(15)19-12-18-11-14-5-3-2-4-6-14/h2-6,15-17H,1,7-12H2/t15-,16+,17?. The highest BCUT2D eigenvalue weighted by Gasteiger charge is 2.40. The second-order valence-electron chi connectivity index (χ2n) is 5.84. The zero-order valence-corrected chi connectivity index (χ0v) is 11.4. The van der Waals surface area contributed by atoms with Crippen LogP contribution in [0.3, 0.4) is 0 Å². The molecule has 0 heterocycles. The van der Waals surface area contributed by atoms with Gasteiger partial charge >= 0.3 is 0 Å². The molecule has 0 N–H and O–H groups in total. The molecule has 2 bridgehead atoms. The molecule has 2 aliphatic carbocycles. The van der Waals surface area contributed by atoms with E-state index in [1.54, 1.807) is 0 Å². The van der Waals surface area contributed by atoms with Crippen molar-refractivity contribution in [2.75, 3.05) is 6.79 Å². The molecule has 2 nitrogen and oxygen atoms in total. The maximum atomic E-state index is 5.98. The van der Waals surface area contributed by atoms with Gasteiger partial charge in [-0.25, -0.2) is 0 Å². The quantitative estimate of drug-likeness (QED) is 0.453. The second kappa shape index (κ2) is 5.89. The van der Waals surface area contributed by atoms with Crippen LogP contribution in [-0.2, 0) is 16.1 Å². The van der Waals surface area contributed by atoms with Gasteiger partial charge in [0.15, 0.2) is 0 Å². The summed E-state index contributed by atoms with van der Waals surface area (Å²) in [5.41, 5.74) is 2.61. The Morgan fingerprint density at radius 3 is 2.42 bits per heavy atom. The Morgan fingerprint density at radius 2 is 1.74 bits per heavy atom. The van der Waals surface area contributed by atoms with E-state index in [1.807, 2.05) is 18.2 Å². The minimum absolute atomic E-state index is 0.404. The Bertz CT molecular complexity index is 410. The minimum atomic E-state index is 0.404. The van der Waals surface area contributed by atoms with E-state index in [1.165, 1.54) is 24.0 Å². The molecule has 3 rings (SSSR count). The predicted octanol–water partition coefficient (Wildman–Crippen LogP) is 3.92. The van der Waals surface area contributed by atoms with Gasteiger partial charge in [-0.15, -0.1) is 0 Å². The van der Waals surface area contributed by atoms with Gasteiger partial charge in [0, 0.05) is 0 Å². The molecule has 0 saturated heterocycles. The first-order chi connectivity index (χ1) is 9.33. The number of rotatable bonds is 5. The van der Waals surface area contributed by atoms with E-state index in [0.29, 0.717) is 31.3 Å². The van der Waals surface area contributed by atoms with Gasteiger partial charge in [-0.1, -0.05) is 42.5 Å². The van der Waals surface area contributed by atoms with Crippen molar-refractivity contribution in [2.24, 2.45) is 11.8 Å². The highest BCUT2D eigenvalue weighted by molar-refractivity contribution is 5.13. The average Bonchev–Trinajstić information content (AvgIpc) is 2.67. The van der Waals surface area contributed by atoms with E-state index in [-0.39, 0.29) is 0 Å². The van der Waals surface area contributed by atoms with Crippen LogP contribution in [0.15, 0.2) is 42.5 Å². The first kappa shape index (κ1) is 12.9. The molecule has 0 aliphatic heterocycles. The van der Waals surface area contributed by atoms with Gasteiger partial charge < -0.3 is 9.47 Å². The van der Waals surface area contributed by atoms with Gasteiger partial charge in [0.2, 0.25) is 0 Å². The van der Waals surface area contributed by atoms with Crippen LogP contribution in [0, 0.1) is 11.8 Å². The fourth-order valence-electron chi connectivity index (χ4n) is 3.54. The summed E-state index contributed by atoms with van der Waals surface area (Å²) in [5.74, 6) is 1.37. The lowest BCUT2D eigenvalue weighted by Crippen LogP contribution is -2.30. The van der Waals surface area contributed by atoms with Gasteiger partial charge in [-0.05, 0) is 43.1 Å². The van der Waals surface area contributed by atoms with E-state index in [2.05, 4.69) is 18.7 Å². The molecular formula is C17H22O2. The van der Waals surface area contributed by atoms with Crippen molar-refractivity contribution in [1.82, 2.24) is 0 Å². The van der Waals surface area contributed by atoms with Crippen molar-refractivity contribution in [3.05, 3.63) is 48.0 Å². The van der Waals surface area contributed by atoms with Gasteiger partial charge in [0.1, 0.15) is 6.79 Å². The summed E-state index contributed by atoms with van der Waals surface area (Å²) in [6, 6.07) is 10.2. The summed E-state index contributed by atoms with van der Waals surface area (Å²) in [6.45, 7) is 5.19. The molecule has 1 aromatic carbocycles. The zero-order chi connectivity index (χ0) is 13.1. The molecule has 102 valence electrons. The van der Waals surface area contributed by atoms with Crippen LogP contribution < -0.4 is 0 Å². The lowest BCUT2D eigenvalue weighted by Gasteiger charge is -2.31. The third-order valence-electron chi connectivity index (χ3n) is 4.39. The summed E-state index contributed by atoms with van der Waals surface area (Å²) >= 11 is 0. The first-order valence-corrected chi connectivity index (χ1v) is 7.23. The molecule has 0 spiro atoms. The fourth-order valence-corrected chi connectivity index (χ4v) is 3.54. The van der Waals surface area contributed by atoms with Crippen LogP contribution in [-0.4, -0.2) is 12.9 Å². The number of hydrogen-bond donors (Lipinski definition) is 0. The van der Waals surface area contributed by atoms with Crippen LogP contribution in [0.2, 0.25) is 0 Å². The summed E-state index contributed by atoms with van der Waals surface area (Å²) in [7, 11) is 0. The fraction of sp³-hybridized carbons (Fsp3) is 0.529. The van der Waals surface area contributed by atoms with Gasteiger partial charge in [-0.3, -0.25) is 0 Å². The van der Waals surface area contributed by atoms with Crippen molar-refractivity contribution >= 4 is 0 Å². The SMILES string of the molecule is C=C1C[C@H]2CC[C@@H](C1)C2OCOCc1ccccc1. The summed E-state index contributed by atoms with van der Waals surface area (Å²) < 4.78 is 11.6. The largest absolute Gasteiger partial charge is 0.352 e. The Morgan fingerprint density at radius 1 is 1.05 bits per heavy atom. The molecule has 2 fully saturated rings. The van der Waals surface area contributed by atoms with E-state index in [4.69, 9.17) is 9.47 Å². The average molecular weight is 258 g/mol. The smallest absolute Gasteiger partial charge is 0.147 e. The summed E-state index contributed by atoms with van der Waals surface area (Å²) in [4.78, 5) is 0. The van der Waals surface area contributed by atoms with Crippen LogP contribution in [0.5, 0.6) is 0 Å². The van der Waals surface area contributed by atoms with Crippen LogP contribution in [0.4, 0.5) is 0 Å². The topological polar surface area (TPSA) is 18.5 Å². The number of benzene rings is 1. The highest BCUT2D eigenvalue weighted by atomic mass is 16.7. The normalized spacial score (nSPS) is 29.7. The molecule has 2 aliphatic rings. The molecule has 0 amide bonds. The number of allylic oxidation sites excluding steroid dienone is 1. The Kier molecular flexibility index (Phi) is 4.00. The first-order valence-electron chi connectivity index (χ1n) is 7.23. The van der Waals surface area contributed by atoms with Crippen molar-refractivity contribution < 1.29 is 9.47 Å². The van der Waals surface area contributed by atoms with Gasteiger partial charge in [0.05, 0.1) is 12.7 Å². The van der Waals surface area contributed by atoms with Gasteiger partial charge in [0.25, 0.3) is 0 Å². The lowest BCUT2D eigenvalue weighted by molar-refractivity contribution is -0.122. The molecule has 1 aromatic rings. The summed E-state index contributed by atoms with van der Waals surface area (Å²) in [5, 5.41) is 0.